The van der Waals surface area contributed by atoms with Gasteiger partial charge < -0.3 is 10.4 Å². The number of carbonyl (C=O) groups is 2. The van der Waals surface area contributed by atoms with Crippen LogP contribution >= 0.6 is 11.6 Å². The number of hydrogen-bond donors (Lipinski definition) is 2. The van der Waals surface area contributed by atoms with Crippen molar-refractivity contribution in [1.29, 1.82) is 0 Å². The number of hydrogen-bond acceptors (Lipinski definition) is 5. The number of rotatable bonds is 8. The molecular weight excluding hydrogens is 540 g/mol. The first-order valence-corrected chi connectivity index (χ1v) is 13.4. The second-order valence-corrected chi connectivity index (χ2v) is 11.4. The highest BCUT2D eigenvalue weighted by Gasteiger charge is 2.53. The maximum atomic E-state index is 13.4. The van der Waals surface area contributed by atoms with Gasteiger partial charge in [0, 0.05) is 34.0 Å². The fourth-order valence-corrected chi connectivity index (χ4v) is 6.53. The van der Waals surface area contributed by atoms with Gasteiger partial charge in [-0.2, -0.15) is 5.10 Å². The number of carboxylic acid groups (broad SMARTS) is 1. The van der Waals surface area contributed by atoms with E-state index in [4.69, 9.17) is 16.7 Å². The quantitative estimate of drug-likeness (QED) is 0.275. The summed E-state index contributed by atoms with van der Waals surface area (Å²) in [5.74, 6) is -0.765. The average Bonchev–Trinajstić information content (AvgIpc) is 3.28. The minimum Gasteiger partial charge on any atom is -0.481 e. The third kappa shape index (κ3) is 5.15. The third-order valence-electron chi connectivity index (χ3n) is 8.00. The highest BCUT2D eigenvalue weighted by atomic mass is 35.5. The van der Waals surface area contributed by atoms with E-state index >= 15 is 0 Å². The first-order chi connectivity index (χ1) is 19.2. The van der Waals surface area contributed by atoms with E-state index in [0.29, 0.717) is 38.4 Å². The Morgan fingerprint density at radius 2 is 1.90 bits per heavy atom. The van der Waals surface area contributed by atoms with Crippen molar-refractivity contribution in [2.75, 3.05) is 0 Å². The molecule has 0 unspecified atom stereocenters. The molecule has 11 heteroatoms. The minimum absolute atomic E-state index is 0.0330. The Hall–Kier alpha value is -3.92. The normalized spacial score (nSPS) is 21.8. The Morgan fingerprint density at radius 3 is 2.60 bits per heavy atom. The lowest BCUT2D eigenvalue weighted by atomic mass is 9.49. The first-order valence-electron chi connectivity index (χ1n) is 13.1. The summed E-state index contributed by atoms with van der Waals surface area (Å²) in [5.41, 5.74) is 2.72. The van der Waals surface area contributed by atoms with Crippen molar-refractivity contribution >= 4 is 34.4 Å². The summed E-state index contributed by atoms with van der Waals surface area (Å²) in [4.78, 5) is 33.2. The summed E-state index contributed by atoms with van der Waals surface area (Å²) in [6.07, 6.45) is 5.88. The summed E-state index contributed by atoms with van der Waals surface area (Å²) in [7, 11) is 0. The van der Waals surface area contributed by atoms with Crippen LogP contribution in [0.2, 0.25) is 5.02 Å². The average molecular weight is 566 g/mol. The molecule has 0 radical (unpaired) electrons. The van der Waals surface area contributed by atoms with Crippen molar-refractivity contribution in [2.45, 2.75) is 51.1 Å². The molecule has 2 heterocycles. The molecule has 2 aliphatic rings. The van der Waals surface area contributed by atoms with Crippen molar-refractivity contribution in [3.05, 3.63) is 76.8 Å². The number of amides is 1. The number of carbonyl (C=O) groups excluding carboxylic acids is 1. The number of fused-ring (bicyclic) bond motifs is 1. The van der Waals surface area contributed by atoms with Gasteiger partial charge in [-0.15, -0.1) is 0 Å². The summed E-state index contributed by atoms with van der Waals surface area (Å²) < 4.78 is 27.8. The summed E-state index contributed by atoms with van der Waals surface area (Å²) >= 11 is 6.33. The molecule has 0 atom stereocenters. The van der Waals surface area contributed by atoms with Crippen molar-refractivity contribution < 1.29 is 23.5 Å². The number of benzene rings is 2. The number of halogens is 3. The van der Waals surface area contributed by atoms with Gasteiger partial charge in [0.05, 0.1) is 47.6 Å². The molecule has 1 amide bonds. The Bertz CT molecular complexity index is 1590. The number of carboxylic acids is 1. The van der Waals surface area contributed by atoms with E-state index in [1.165, 1.54) is 18.3 Å². The number of nitrogens with zero attached hydrogens (tertiary/aromatic N) is 4. The third-order valence-corrected chi connectivity index (χ3v) is 8.21. The molecule has 2 N–H and O–H groups in total. The van der Waals surface area contributed by atoms with Gasteiger partial charge in [0.15, 0.2) is 0 Å². The molecule has 2 aromatic heterocycles. The van der Waals surface area contributed by atoms with Crippen LogP contribution in [-0.2, 0) is 11.3 Å². The highest BCUT2D eigenvalue weighted by molar-refractivity contribution is 6.32. The van der Waals surface area contributed by atoms with E-state index in [2.05, 4.69) is 20.4 Å². The first kappa shape index (κ1) is 26.3. The number of alkyl halides is 2. The summed E-state index contributed by atoms with van der Waals surface area (Å²) in [6, 6.07) is 9.44. The van der Waals surface area contributed by atoms with Gasteiger partial charge in [-0.3, -0.25) is 24.2 Å². The second kappa shape index (κ2) is 10.2. The molecule has 206 valence electrons. The maximum absolute atomic E-state index is 13.4. The van der Waals surface area contributed by atoms with Gasteiger partial charge in [-0.25, -0.2) is 8.78 Å². The van der Waals surface area contributed by atoms with E-state index in [9.17, 15) is 18.4 Å². The monoisotopic (exact) mass is 565 g/mol. The van der Waals surface area contributed by atoms with E-state index in [-0.39, 0.29) is 41.8 Å². The van der Waals surface area contributed by atoms with Gasteiger partial charge in [0.25, 0.3) is 12.3 Å². The van der Waals surface area contributed by atoms with Crippen LogP contribution in [0.1, 0.15) is 60.1 Å². The Labute approximate surface area is 233 Å². The zero-order chi connectivity index (χ0) is 28.0. The maximum Gasteiger partial charge on any atom is 0.303 e. The van der Waals surface area contributed by atoms with Crippen molar-refractivity contribution in [3.8, 4) is 11.3 Å². The van der Waals surface area contributed by atoms with E-state index in [1.807, 2.05) is 0 Å². The van der Waals surface area contributed by atoms with Crippen LogP contribution < -0.4 is 5.32 Å². The van der Waals surface area contributed by atoms with Gasteiger partial charge in [0.1, 0.15) is 0 Å². The van der Waals surface area contributed by atoms with E-state index < -0.39 is 12.4 Å². The van der Waals surface area contributed by atoms with Crippen molar-refractivity contribution in [2.24, 2.45) is 11.3 Å². The lowest BCUT2D eigenvalue weighted by Crippen LogP contribution is -2.56. The fourth-order valence-electron chi connectivity index (χ4n) is 6.30. The molecular formula is C29H26ClF2N5O3. The van der Waals surface area contributed by atoms with E-state index in [1.54, 1.807) is 41.3 Å². The van der Waals surface area contributed by atoms with E-state index in [0.717, 1.165) is 25.7 Å². The molecule has 2 aliphatic carbocycles. The smallest absolute Gasteiger partial charge is 0.303 e. The van der Waals surface area contributed by atoms with Gasteiger partial charge in [-0.1, -0.05) is 29.8 Å². The summed E-state index contributed by atoms with van der Waals surface area (Å²) in [5, 5.41) is 17.7. The zero-order valence-corrected chi connectivity index (χ0v) is 22.1. The van der Waals surface area contributed by atoms with Gasteiger partial charge in [-0.05, 0) is 55.2 Å². The summed E-state index contributed by atoms with van der Waals surface area (Å²) in [6.45, 7) is 0.243. The van der Waals surface area contributed by atoms with Crippen LogP contribution in [-0.4, -0.2) is 42.8 Å². The second-order valence-electron chi connectivity index (χ2n) is 11.0. The number of aliphatic carboxylic acids is 1. The van der Waals surface area contributed by atoms with Gasteiger partial charge >= 0.3 is 5.97 Å². The van der Waals surface area contributed by atoms with Crippen LogP contribution in [0.5, 0.6) is 0 Å². The van der Waals surface area contributed by atoms with Crippen LogP contribution in [0.4, 0.5) is 8.78 Å². The van der Waals surface area contributed by atoms with Crippen LogP contribution in [0.25, 0.3) is 22.2 Å². The Balaban J connectivity index is 1.16. The molecule has 2 saturated carbocycles. The predicted octanol–water partition coefficient (Wildman–Crippen LogP) is 5.90. The van der Waals surface area contributed by atoms with Crippen LogP contribution in [0.3, 0.4) is 0 Å². The largest absolute Gasteiger partial charge is 0.481 e. The topological polar surface area (TPSA) is 110 Å². The minimum atomic E-state index is -2.57. The number of aromatic nitrogens is 4. The molecule has 4 aromatic rings. The predicted molar refractivity (Wildman–Crippen MR) is 144 cm³/mol. The van der Waals surface area contributed by atoms with Gasteiger partial charge in [0.2, 0.25) is 0 Å². The molecule has 1 spiro atoms. The fraction of sp³-hybridized carbons (Fsp3) is 0.345. The number of nitrogens with one attached hydrogen (secondary N) is 1. The molecule has 0 aliphatic heterocycles. The molecule has 2 aromatic carbocycles. The standard InChI is InChI=1S/C29H26ClF2N5O3/c30-20-6-19-12-35-37(15-22-13-34-24(14-33-22)17-2-1-3-18(5-17)27(31)32)26(19)23(7-20)28(40)36-21-10-29(11-21)8-16(9-29)4-25(38)39/h1-3,5-7,12-14,16,21,27H,4,8-11,15H2,(H,36,40)(H,38,39). The van der Waals surface area contributed by atoms with Crippen LogP contribution in [0.15, 0.2) is 55.0 Å². The van der Waals surface area contributed by atoms with Crippen LogP contribution in [0, 0.1) is 11.3 Å². The molecule has 0 saturated heterocycles. The van der Waals surface area contributed by atoms with Crippen molar-refractivity contribution in [3.63, 3.8) is 0 Å². The molecule has 6 rings (SSSR count). The lowest BCUT2D eigenvalue weighted by Gasteiger charge is -2.57. The Morgan fingerprint density at radius 1 is 1.10 bits per heavy atom. The molecule has 8 nitrogen and oxygen atoms in total. The molecule has 40 heavy (non-hydrogen) atoms. The highest BCUT2D eigenvalue weighted by Crippen LogP contribution is 2.59. The molecule has 0 bridgehead atoms. The lowest BCUT2D eigenvalue weighted by molar-refractivity contribution is -0.142. The zero-order valence-electron chi connectivity index (χ0n) is 21.4. The van der Waals surface area contributed by atoms with Crippen molar-refractivity contribution in [1.82, 2.24) is 25.1 Å². The Kier molecular flexibility index (Phi) is 6.74. The molecule has 2 fully saturated rings. The SMILES string of the molecule is O=C(O)CC1CC2(C1)CC(NC(=O)c1cc(Cl)cc3cnn(Cc4cnc(-c5cccc(C(F)F)c5)cn4)c13)C2.